The lowest BCUT2D eigenvalue weighted by atomic mass is 9.78. The molecule has 6 nitrogen and oxygen atoms in total. The third kappa shape index (κ3) is 3.22. The van der Waals surface area contributed by atoms with E-state index in [0.717, 1.165) is 11.1 Å². The molecule has 2 aromatic carbocycles. The smallest absolute Gasteiger partial charge is 0.220 e. The van der Waals surface area contributed by atoms with Crippen molar-refractivity contribution in [2.24, 2.45) is 10.7 Å². The van der Waals surface area contributed by atoms with E-state index >= 15 is 0 Å². The van der Waals surface area contributed by atoms with Crippen LogP contribution in [0, 0.1) is 11.9 Å². The van der Waals surface area contributed by atoms with E-state index in [-0.39, 0.29) is 13.2 Å². The Hall–Kier alpha value is -4.17. The Morgan fingerprint density at radius 3 is 2.29 bits per heavy atom. The van der Waals surface area contributed by atoms with Crippen molar-refractivity contribution in [3.05, 3.63) is 96.1 Å². The van der Waals surface area contributed by atoms with Crippen LogP contribution in [0.4, 0.5) is 8.78 Å². The molecular formula is C26H18F2N4O2. The SMILES string of the molecule is NC1=NC2(COC1)c1cc(-c3ccnc(F)c3)ccc1Oc1ccc(-c3cccnc3F)cc12. The lowest BCUT2D eigenvalue weighted by Gasteiger charge is -2.39. The molecule has 2 aromatic heterocycles. The summed E-state index contributed by atoms with van der Waals surface area (Å²) in [7, 11) is 0. The highest BCUT2D eigenvalue weighted by Crippen LogP contribution is 2.51. The fourth-order valence-electron chi connectivity index (χ4n) is 4.57. The van der Waals surface area contributed by atoms with Gasteiger partial charge >= 0.3 is 0 Å². The van der Waals surface area contributed by atoms with Gasteiger partial charge in [0.15, 0.2) is 0 Å². The van der Waals surface area contributed by atoms with Gasteiger partial charge in [-0.3, -0.25) is 4.99 Å². The van der Waals surface area contributed by atoms with Gasteiger partial charge in [-0.05, 0) is 59.2 Å². The van der Waals surface area contributed by atoms with E-state index in [0.29, 0.717) is 39.6 Å². The standard InChI is InChI=1S/C26H18F2N4O2/c27-23-12-16(7-9-30-23)15-3-5-21-19(10-15)26(14-33-13-24(29)32-26)20-11-17(4-6-22(20)34-21)18-2-1-8-31-25(18)28/h1-12H,13-14H2,(H2,29,32). The van der Waals surface area contributed by atoms with Gasteiger partial charge in [0.25, 0.3) is 0 Å². The summed E-state index contributed by atoms with van der Waals surface area (Å²) < 4.78 is 40.3. The van der Waals surface area contributed by atoms with Crippen molar-refractivity contribution in [3.63, 3.8) is 0 Å². The number of halogens is 2. The first kappa shape index (κ1) is 20.4. The van der Waals surface area contributed by atoms with Crippen LogP contribution in [0.3, 0.4) is 0 Å². The Morgan fingerprint density at radius 1 is 0.824 bits per heavy atom. The zero-order chi connectivity index (χ0) is 23.3. The normalized spacial score (nSPS) is 18.6. The van der Waals surface area contributed by atoms with Crippen LogP contribution >= 0.6 is 0 Å². The number of benzene rings is 2. The molecule has 2 N–H and O–H groups in total. The van der Waals surface area contributed by atoms with Gasteiger partial charge in [0.1, 0.15) is 29.5 Å². The quantitative estimate of drug-likeness (QED) is 0.437. The van der Waals surface area contributed by atoms with Gasteiger partial charge in [-0.25, -0.2) is 9.97 Å². The van der Waals surface area contributed by atoms with Crippen LogP contribution in [-0.4, -0.2) is 29.0 Å². The topological polar surface area (TPSA) is 82.6 Å². The average molecular weight is 456 g/mol. The zero-order valence-electron chi connectivity index (χ0n) is 17.8. The second kappa shape index (κ2) is 7.71. The zero-order valence-corrected chi connectivity index (χ0v) is 17.8. The minimum atomic E-state index is -1.01. The van der Waals surface area contributed by atoms with Gasteiger partial charge in [0.2, 0.25) is 11.9 Å². The lowest BCUT2D eigenvalue weighted by molar-refractivity contribution is 0.110. The second-order valence-electron chi connectivity index (χ2n) is 8.19. The van der Waals surface area contributed by atoms with Gasteiger partial charge in [-0.2, -0.15) is 8.78 Å². The maximum absolute atomic E-state index is 14.5. The van der Waals surface area contributed by atoms with Crippen molar-refractivity contribution >= 4 is 5.84 Å². The molecule has 0 radical (unpaired) electrons. The van der Waals surface area contributed by atoms with Gasteiger partial charge in [0, 0.05) is 35.2 Å². The number of fused-ring (bicyclic) bond motifs is 4. The van der Waals surface area contributed by atoms with E-state index in [2.05, 4.69) is 9.97 Å². The summed E-state index contributed by atoms with van der Waals surface area (Å²) in [4.78, 5) is 12.3. The maximum Gasteiger partial charge on any atom is 0.220 e. The summed E-state index contributed by atoms with van der Waals surface area (Å²) in [6, 6.07) is 17.4. The highest BCUT2D eigenvalue weighted by Gasteiger charge is 2.45. The highest BCUT2D eigenvalue weighted by atomic mass is 19.1. The van der Waals surface area contributed by atoms with E-state index in [1.165, 1.54) is 18.5 Å². The van der Waals surface area contributed by atoms with E-state index in [4.69, 9.17) is 20.2 Å². The minimum Gasteiger partial charge on any atom is -0.457 e. The van der Waals surface area contributed by atoms with Crippen LogP contribution in [0.25, 0.3) is 22.3 Å². The molecule has 8 heteroatoms. The Morgan fingerprint density at radius 2 is 1.56 bits per heavy atom. The van der Waals surface area contributed by atoms with Gasteiger partial charge < -0.3 is 15.2 Å². The molecule has 0 saturated heterocycles. The van der Waals surface area contributed by atoms with E-state index in [1.807, 2.05) is 24.3 Å². The summed E-state index contributed by atoms with van der Waals surface area (Å²) in [5, 5.41) is 0. The molecule has 4 heterocycles. The molecule has 0 aliphatic carbocycles. The number of aliphatic imine (C=N–C) groups is 1. The molecule has 6 rings (SSSR count). The molecule has 2 aliphatic heterocycles. The fourth-order valence-corrected chi connectivity index (χ4v) is 4.57. The molecule has 4 aromatic rings. The van der Waals surface area contributed by atoms with E-state index < -0.39 is 17.4 Å². The van der Waals surface area contributed by atoms with Crippen molar-refractivity contribution in [2.75, 3.05) is 13.2 Å². The number of pyridine rings is 2. The average Bonchev–Trinajstić information content (AvgIpc) is 2.84. The Bertz CT molecular complexity index is 1470. The van der Waals surface area contributed by atoms with Crippen molar-refractivity contribution < 1.29 is 18.3 Å². The third-order valence-electron chi connectivity index (χ3n) is 6.10. The van der Waals surface area contributed by atoms with Crippen LogP contribution in [-0.2, 0) is 10.3 Å². The number of aromatic nitrogens is 2. The predicted molar refractivity (Wildman–Crippen MR) is 123 cm³/mol. The monoisotopic (exact) mass is 456 g/mol. The summed E-state index contributed by atoms with van der Waals surface area (Å²) in [6.45, 7) is 0.420. The first-order chi connectivity index (χ1) is 16.5. The van der Waals surface area contributed by atoms with Crippen LogP contribution < -0.4 is 10.5 Å². The molecule has 0 amide bonds. The van der Waals surface area contributed by atoms with E-state index in [1.54, 1.807) is 30.3 Å². The number of ether oxygens (including phenoxy) is 2. The van der Waals surface area contributed by atoms with Gasteiger partial charge in [-0.15, -0.1) is 0 Å². The van der Waals surface area contributed by atoms with Gasteiger partial charge in [-0.1, -0.05) is 12.1 Å². The lowest BCUT2D eigenvalue weighted by Crippen LogP contribution is -2.42. The van der Waals surface area contributed by atoms with Gasteiger partial charge in [0.05, 0.1) is 6.61 Å². The first-order valence-electron chi connectivity index (χ1n) is 10.7. The number of nitrogens with zero attached hydrogens (tertiary/aromatic N) is 3. The number of hydrogen-bond donors (Lipinski definition) is 1. The molecule has 1 atom stereocenters. The summed E-state index contributed by atoms with van der Waals surface area (Å²) in [5.74, 6) is 0.360. The molecule has 0 fully saturated rings. The highest BCUT2D eigenvalue weighted by molar-refractivity contribution is 5.84. The van der Waals surface area contributed by atoms with Crippen LogP contribution in [0.1, 0.15) is 11.1 Å². The van der Waals surface area contributed by atoms with Crippen LogP contribution in [0.2, 0.25) is 0 Å². The minimum absolute atomic E-state index is 0.208. The molecular weight excluding hydrogens is 438 g/mol. The molecule has 168 valence electrons. The van der Waals surface area contributed by atoms with Crippen molar-refractivity contribution in [3.8, 4) is 33.8 Å². The summed E-state index contributed by atoms with van der Waals surface area (Å²) in [5.41, 5.74) is 8.98. The Labute approximate surface area is 193 Å². The van der Waals surface area contributed by atoms with Crippen LogP contribution in [0.5, 0.6) is 11.5 Å². The number of rotatable bonds is 2. The summed E-state index contributed by atoms with van der Waals surface area (Å²) in [6.07, 6.45) is 2.82. The Kier molecular flexibility index (Phi) is 4.63. The molecule has 34 heavy (non-hydrogen) atoms. The second-order valence-corrected chi connectivity index (χ2v) is 8.19. The molecule has 0 saturated carbocycles. The molecule has 1 spiro atoms. The molecule has 1 unspecified atom stereocenters. The van der Waals surface area contributed by atoms with E-state index in [9.17, 15) is 8.78 Å². The largest absolute Gasteiger partial charge is 0.457 e. The number of amidine groups is 1. The number of hydrogen-bond acceptors (Lipinski definition) is 6. The van der Waals surface area contributed by atoms with Crippen molar-refractivity contribution in [1.82, 2.24) is 9.97 Å². The molecule has 2 aliphatic rings. The third-order valence-corrected chi connectivity index (χ3v) is 6.10. The predicted octanol–water partition coefficient (Wildman–Crippen LogP) is 4.83. The maximum atomic E-state index is 14.5. The number of nitrogens with two attached hydrogens (primary N) is 1. The van der Waals surface area contributed by atoms with Crippen molar-refractivity contribution in [2.45, 2.75) is 5.54 Å². The van der Waals surface area contributed by atoms with Crippen molar-refractivity contribution in [1.29, 1.82) is 0 Å². The summed E-state index contributed by atoms with van der Waals surface area (Å²) >= 11 is 0. The first-order valence-corrected chi connectivity index (χ1v) is 10.7. The Balaban J connectivity index is 1.58. The molecule has 0 bridgehead atoms. The van der Waals surface area contributed by atoms with Crippen LogP contribution in [0.15, 0.2) is 78.0 Å². The fraction of sp³-hybridized carbons (Fsp3) is 0.115.